The average Bonchev–Trinajstić information content (AvgIpc) is 2.31. The van der Waals surface area contributed by atoms with E-state index in [1.807, 2.05) is 6.07 Å². The standard InChI is InChI=1S/C15H20FNO/c1-4-5-8-18-15-7-6-13(9-14(15)16)11-17-10-12(2)3/h6-7,9,12,17H,8,10-11H2,1-3H3. The van der Waals surface area contributed by atoms with Crippen molar-refractivity contribution >= 4 is 0 Å². The lowest BCUT2D eigenvalue weighted by Gasteiger charge is -2.09. The topological polar surface area (TPSA) is 21.3 Å². The normalized spacial score (nSPS) is 10.1. The molecule has 1 rings (SSSR count). The van der Waals surface area contributed by atoms with E-state index >= 15 is 0 Å². The third-order valence-corrected chi connectivity index (χ3v) is 2.35. The molecule has 18 heavy (non-hydrogen) atoms. The van der Waals surface area contributed by atoms with Crippen molar-refractivity contribution in [2.45, 2.75) is 27.3 Å². The number of hydrogen-bond acceptors (Lipinski definition) is 2. The number of hydrogen-bond donors (Lipinski definition) is 1. The van der Waals surface area contributed by atoms with Crippen LogP contribution in [-0.4, -0.2) is 13.2 Å². The van der Waals surface area contributed by atoms with Gasteiger partial charge in [0.2, 0.25) is 0 Å². The Balaban J connectivity index is 2.52. The molecule has 0 heterocycles. The van der Waals surface area contributed by atoms with Crippen LogP contribution in [0.2, 0.25) is 0 Å². The number of ether oxygens (including phenoxy) is 1. The summed E-state index contributed by atoms with van der Waals surface area (Å²) in [6.07, 6.45) is 0. The first-order valence-electron chi connectivity index (χ1n) is 6.15. The number of rotatable bonds is 6. The first-order valence-corrected chi connectivity index (χ1v) is 6.15. The van der Waals surface area contributed by atoms with Gasteiger partial charge in [-0.25, -0.2) is 4.39 Å². The molecule has 3 heteroatoms. The van der Waals surface area contributed by atoms with E-state index in [-0.39, 0.29) is 18.2 Å². The maximum Gasteiger partial charge on any atom is 0.165 e. The van der Waals surface area contributed by atoms with Gasteiger partial charge in [-0.05, 0) is 37.1 Å². The van der Waals surface area contributed by atoms with Crippen LogP contribution in [0.5, 0.6) is 5.75 Å². The lowest BCUT2D eigenvalue weighted by Crippen LogP contribution is -2.19. The van der Waals surface area contributed by atoms with Crippen molar-refractivity contribution in [3.05, 3.63) is 29.6 Å². The Morgan fingerprint density at radius 2 is 2.17 bits per heavy atom. The zero-order valence-electron chi connectivity index (χ0n) is 11.2. The van der Waals surface area contributed by atoms with Crippen LogP contribution in [0.1, 0.15) is 26.3 Å². The van der Waals surface area contributed by atoms with Gasteiger partial charge in [-0.15, -0.1) is 5.92 Å². The van der Waals surface area contributed by atoms with Crippen molar-refractivity contribution in [1.82, 2.24) is 5.32 Å². The quantitative estimate of drug-likeness (QED) is 0.783. The summed E-state index contributed by atoms with van der Waals surface area (Å²) in [5.41, 5.74) is 0.919. The molecule has 1 aromatic carbocycles. The van der Waals surface area contributed by atoms with E-state index in [9.17, 15) is 4.39 Å². The highest BCUT2D eigenvalue weighted by Gasteiger charge is 2.04. The molecule has 0 bridgehead atoms. The van der Waals surface area contributed by atoms with Gasteiger partial charge in [0, 0.05) is 6.54 Å². The van der Waals surface area contributed by atoms with Crippen molar-refractivity contribution in [2.75, 3.05) is 13.2 Å². The Morgan fingerprint density at radius 1 is 1.39 bits per heavy atom. The number of nitrogens with one attached hydrogen (secondary N) is 1. The zero-order valence-corrected chi connectivity index (χ0v) is 11.2. The van der Waals surface area contributed by atoms with Crippen LogP contribution in [0, 0.1) is 23.6 Å². The van der Waals surface area contributed by atoms with Gasteiger partial charge in [0.15, 0.2) is 11.6 Å². The van der Waals surface area contributed by atoms with Crippen LogP contribution in [0.4, 0.5) is 4.39 Å². The summed E-state index contributed by atoms with van der Waals surface area (Å²) < 4.78 is 18.9. The van der Waals surface area contributed by atoms with E-state index in [1.165, 1.54) is 6.07 Å². The third-order valence-electron chi connectivity index (χ3n) is 2.35. The second-order valence-corrected chi connectivity index (χ2v) is 4.50. The smallest absolute Gasteiger partial charge is 0.165 e. The summed E-state index contributed by atoms with van der Waals surface area (Å²) in [6, 6.07) is 5.02. The summed E-state index contributed by atoms with van der Waals surface area (Å²) in [5.74, 6) is 5.94. The van der Waals surface area contributed by atoms with Crippen LogP contribution in [0.25, 0.3) is 0 Å². The van der Waals surface area contributed by atoms with Gasteiger partial charge in [0.25, 0.3) is 0 Å². The van der Waals surface area contributed by atoms with Crippen LogP contribution < -0.4 is 10.1 Å². The fourth-order valence-corrected chi connectivity index (χ4v) is 1.46. The van der Waals surface area contributed by atoms with E-state index in [0.29, 0.717) is 12.5 Å². The van der Waals surface area contributed by atoms with Crippen LogP contribution in [0.15, 0.2) is 18.2 Å². The molecule has 1 aromatic rings. The third kappa shape index (κ3) is 5.20. The summed E-state index contributed by atoms with van der Waals surface area (Å²) in [7, 11) is 0. The monoisotopic (exact) mass is 249 g/mol. The van der Waals surface area contributed by atoms with Crippen LogP contribution >= 0.6 is 0 Å². The maximum absolute atomic E-state index is 13.7. The maximum atomic E-state index is 13.7. The first-order chi connectivity index (χ1) is 8.63. The fraction of sp³-hybridized carbons (Fsp3) is 0.467. The molecule has 0 spiro atoms. The highest BCUT2D eigenvalue weighted by atomic mass is 19.1. The molecule has 98 valence electrons. The molecular formula is C15H20FNO. The Hall–Kier alpha value is -1.53. The first kappa shape index (κ1) is 14.5. The minimum Gasteiger partial charge on any atom is -0.478 e. The molecule has 0 atom stereocenters. The average molecular weight is 249 g/mol. The van der Waals surface area contributed by atoms with Crippen molar-refractivity contribution in [3.8, 4) is 17.6 Å². The van der Waals surface area contributed by atoms with E-state index < -0.39 is 0 Å². The molecule has 0 aromatic heterocycles. The van der Waals surface area contributed by atoms with Gasteiger partial charge in [0.05, 0.1) is 0 Å². The lowest BCUT2D eigenvalue weighted by molar-refractivity contribution is 0.347. The molecule has 0 aliphatic heterocycles. The molecule has 2 nitrogen and oxygen atoms in total. The Labute approximate surface area is 109 Å². The van der Waals surface area contributed by atoms with E-state index in [2.05, 4.69) is 31.0 Å². The van der Waals surface area contributed by atoms with Crippen molar-refractivity contribution in [2.24, 2.45) is 5.92 Å². The molecule has 0 unspecified atom stereocenters. The predicted molar refractivity (Wildman–Crippen MR) is 71.9 cm³/mol. The number of benzene rings is 1. The minimum atomic E-state index is -0.336. The lowest BCUT2D eigenvalue weighted by atomic mass is 10.2. The van der Waals surface area contributed by atoms with Gasteiger partial charge < -0.3 is 10.1 Å². The molecule has 1 N–H and O–H groups in total. The van der Waals surface area contributed by atoms with Crippen LogP contribution in [-0.2, 0) is 6.54 Å². The van der Waals surface area contributed by atoms with Gasteiger partial charge in [-0.3, -0.25) is 0 Å². The zero-order chi connectivity index (χ0) is 13.4. The molecule has 0 amide bonds. The van der Waals surface area contributed by atoms with E-state index in [1.54, 1.807) is 13.0 Å². The SMILES string of the molecule is CC#CCOc1ccc(CNCC(C)C)cc1F. The Morgan fingerprint density at radius 3 is 2.78 bits per heavy atom. The molecule has 0 aliphatic rings. The second kappa shape index (κ2) is 7.73. The summed E-state index contributed by atoms with van der Waals surface area (Å²) >= 11 is 0. The molecular weight excluding hydrogens is 229 g/mol. The van der Waals surface area contributed by atoms with E-state index in [4.69, 9.17) is 4.74 Å². The van der Waals surface area contributed by atoms with Gasteiger partial charge in [0.1, 0.15) is 6.61 Å². The molecule has 0 saturated heterocycles. The summed E-state index contributed by atoms with van der Waals surface area (Å²) in [6.45, 7) is 7.82. The van der Waals surface area contributed by atoms with Crippen LogP contribution in [0.3, 0.4) is 0 Å². The van der Waals surface area contributed by atoms with Gasteiger partial charge >= 0.3 is 0 Å². The fourth-order valence-electron chi connectivity index (χ4n) is 1.46. The molecule has 0 radical (unpaired) electrons. The van der Waals surface area contributed by atoms with Gasteiger partial charge in [-0.1, -0.05) is 25.8 Å². The van der Waals surface area contributed by atoms with Crippen molar-refractivity contribution < 1.29 is 9.13 Å². The highest BCUT2D eigenvalue weighted by Crippen LogP contribution is 2.18. The largest absolute Gasteiger partial charge is 0.478 e. The molecule has 0 saturated carbocycles. The van der Waals surface area contributed by atoms with Crippen molar-refractivity contribution in [1.29, 1.82) is 0 Å². The summed E-state index contributed by atoms with van der Waals surface area (Å²) in [5, 5.41) is 3.27. The highest BCUT2D eigenvalue weighted by molar-refractivity contribution is 5.29. The molecule has 0 aliphatic carbocycles. The molecule has 0 fully saturated rings. The Kier molecular flexibility index (Phi) is 6.24. The second-order valence-electron chi connectivity index (χ2n) is 4.50. The Bertz CT molecular complexity index is 432. The van der Waals surface area contributed by atoms with Gasteiger partial charge in [-0.2, -0.15) is 0 Å². The summed E-state index contributed by atoms with van der Waals surface area (Å²) in [4.78, 5) is 0. The van der Waals surface area contributed by atoms with Crippen molar-refractivity contribution in [3.63, 3.8) is 0 Å². The van der Waals surface area contributed by atoms with E-state index in [0.717, 1.165) is 12.1 Å². The predicted octanol–water partition coefficient (Wildman–Crippen LogP) is 2.97. The minimum absolute atomic E-state index is 0.221. The number of halogens is 1.